The normalized spacial score (nSPS) is 21.6. The van der Waals surface area contributed by atoms with Crippen molar-refractivity contribution < 1.29 is 0 Å². The predicted octanol–water partition coefficient (Wildman–Crippen LogP) is 3.22. The smallest absolute Gasteiger partial charge is 0.0446 e. The van der Waals surface area contributed by atoms with Crippen LogP contribution in [0.3, 0.4) is 0 Å². The molecule has 1 saturated carbocycles. The van der Waals surface area contributed by atoms with Gasteiger partial charge in [0.15, 0.2) is 0 Å². The van der Waals surface area contributed by atoms with Gasteiger partial charge in [0.25, 0.3) is 0 Å². The number of nitrogen functional groups attached to an aromatic ring is 1. The second-order valence-electron chi connectivity index (χ2n) is 5.90. The van der Waals surface area contributed by atoms with Gasteiger partial charge in [-0.3, -0.25) is 4.98 Å². The van der Waals surface area contributed by atoms with E-state index in [1.54, 1.807) is 0 Å². The van der Waals surface area contributed by atoms with Crippen molar-refractivity contribution in [1.82, 2.24) is 4.98 Å². The summed E-state index contributed by atoms with van der Waals surface area (Å²) >= 11 is 0. The van der Waals surface area contributed by atoms with E-state index in [9.17, 15) is 0 Å². The van der Waals surface area contributed by atoms with Gasteiger partial charge >= 0.3 is 0 Å². The van der Waals surface area contributed by atoms with Crippen LogP contribution in [0.15, 0.2) is 24.4 Å². The van der Waals surface area contributed by atoms with Crippen molar-refractivity contribution in [3.63, 3.8) is 0 Å². The van der Waals surface area contributed by atoms with Gasteiger partial charge in [-0.1, -0.05) is 6.92 Å². The third kappa shape index (κ3) is 2.25. The average Bonchev–Trinajstić information content (AvgIpc) is 3.04. The van der Waals surface area contributed by atoms with Gasteiger partial charge in [-0.2, -0.15) is 0 Å². The minimum Gasteiger partial charge on any atom is -0.398 e. The number of aryl methyl sites for hydroxylation is 1. The molecule has 0 radical (unpaired) electrons. The summed E-state index contributed by atoms with van der Waals surface area (Å²) in [5.41, 5.74) is 9.15. The number of aromatic nitrogens is 1. The molecular formula is C16H21N3. The number of hydrogen-bond acceptors (Lipinski definition) is 3. The molecular weight excluding hydrogens is 234 g/mol. The molecule has 2 unspecified atom stereocenters. The van der Waals surface area contributed by atoms with Crippen LogP contribution >= 0.6 is 0 Å². The molecule has 0 aliphatic heterocycles. The molecule has 100 valence electrons. The fourth-order valence-corrected chi connectivity index (χ4v) is 2.79. The van der Waals surface area contributed by atoms with E-state index in [-0.39, 0.29) is 0 Å². The van der Waals surface area contributed by atoms with Gasteiger partial charge in [-0.15, -0.1) is 0 Å². The predicted molar refractivity (Wildman–Crippen MR) is 81.4 cm³/mol. The highest BCUT2D eigenvalue weighted by Gasteiger charge is 2.33. The van der Waals surface area contributed by atoms with Crippen molar-refractivity contribution in [3.05, 3.63) is 30.1 Å². The zero-order chi connectivity index (χ0) is 13.6. The molecule has 3 heteroatoms. The van der Waals surface area contributed by atoms with Crippen LogP contribution in [0.1, 0.15) is 19.0 Å². The molecule has 1 aliphatic carbocycles. The molecule has 3 rings (SSSR count). The Morgan fingerprint density at radius 3 is 2.79 bits per heavy atom. The Morgan fingerprint density at radius 1 is 1.37 bits per heavy atom. The molecule has 19 heavy (non-hydrogen) atoms. The number of anilines is 2. The van der Waals surface area contributed by atoms with E-state index in [4.69, 9.17) is 5.73 Å². The van der Waals surface area contributed by atoms with E-state index in [1.165, 1.54) is 17.5 Å². The van der Waals surface area contributed by atoms with E-state index in [0.717, 1.165) is 35.1 Å². The molecule has 0 amide bonds. The van der Waals surface area contributed by atoms with Crippen LogP contribution in [-0.4, -0.2) is 18.6 Å². The van der Waals surface area contributed by atoms with Gasteiger partial charge < -0.3 is 10.6 Å². The van der Waals surface area contributed by atoms with Crippen molar-refractivity contribution in [2.45, 2.75) is 20.3 Å². The summed E-state index contributed by atoms with van der Waals surface area (Å²) in [7, 11) is 2.17. The maximum absolute atomic E-state index is 6.05. The molecule has 0 saturated heterocycles. The van der Waals surface area contributed by atoms with Crippen molar-refractivity contribution >= 4 is 22.1 Å². The van der Waals surface area contributed by atoms with E-state index in [2.05, 4.69) is 36.0 Å². The van der Waals surface area contributed by atoms with E-state index >= 15 is 0 Å². The topological polar surface area (TPSA) is 42.1 Å². The van der Waals surface area contributed by atoms with Crippen LogP contribution in [0.25, 0.3) is 10.8 Å². The summed E-state index contributed by atoms with van der Waals surface area (Å²) < 4.78 is 0. The number of hydrogen-bond donors (Lipinski definition) is 1. The van der Waals surface area contributed by atoms with Crippen LogP contribution in [0.4, 0.5) is 11.4 Å². The summed E-state index contributed by atoms with van der Waals surface area (Å²) in [6.45, 7) is 5.48. The second kappa shape index (κ2) is 4.41. The fraction of sp³-hybridized carbons (Fsp3) is 0.438. The molecule has 1 aromatic carbocycles. The molecule has 3 nitrogen and oxygen atoms in total. The van der Waals surface area contributed by atoms with Crippen molar-refractivity contribution in [2.24, 2.45) is 11.8 Å². The third-order valence-corrected chi connectivity index (χ3v) is 4.24. The first-order valence-electron chi connectivity index (χ1n) is 6.92. The Kier molecular flexibility index (Phi) is 2.85. The van der Waals surface area contributed by atoms with Crippen LogP contribution in [0.2, 0.25) is 0 Å². The monoisotopic (exact) mass is 255 g/mol. The third-order valence-electron chi connectivity index (χ3n) is 4.24. The lowest BCUT2D eigenvalue weighted by Crippen LogP contribution is -2.20. The van der Waals surface area contributed by atoms with E-state index in [0.29, 0.717) is 0 Å². The molecule has 1 aliphatic rings. The zero-order valence-corrected chi connectivity index (χ0v) is 11.9. The SMILES string of the molecule is Cc1cc2c(N(C)CC3CC3C)ccc(N)c2cn1. The quantitative estimate of drug-likeness (QED) is 0.856. The summed E-state index contributed by atoms with van der Waals surface area (Å²) in [5, 5.41) is 2.27. The minimum atomic E-state index is 0.805. The number of pyridine rings is 1. The van der Waals surface area contributed by atoms with Crippen LogP contribution < -0.4 is 10.6 Å². The molecule has 0 bridgehead atoms. The molecule has 1 heterocycles. The molecule has 1 fully saturated rings. The minimum absolute atomic E-state index is 0.805. The van der Waals surface area contributed by atoms with Crippen molar-refractivity contribution in [2.75, 3.05) is 24.2 Å². The first-order valence-corrected chi connectivity index (χ1v) is 6.92. The van der Waals surface area contributed by atoms with Crippen LogP contribution in [0.5, 0.6) is 0 Å². The van der Waals surface area contributed by atoms with Crippen LogP contribution in [-0.2, 0) is 0 Å². The summed E-state index contributed by atoms with van der Waals surface area (Å²) in [6.07, 6.45) is 3.24. The van der Waals surface area contributed by atoms with Crippen molar-refractivity contribution in [1.29, 1.82) is 0 Å². The Morgan fingerprint density at radius 2 is 2.11 bits per heavy atom. The molecule has 1 aromatic heterocycles. The number of fused-ring (bicyclic) bond motifs is 1. The Balaban J connectivity index is 2.02. The highest BCUT2D eigenvalue weighted by molar-refractivity contribution is 6.01. The first-order chi connectivity index (χ1) is 9.06. The van der Waals surface area contributed by atoms with E-state index in [1.807, 2.05) is 19.2 Å². The van der Waals surface area contributed by atoms with Gasteiger partial charge in [-0.05, 0) is 43.4 Å². The lowest BCUT2D eigenvalue weighted by molar-refractivity contribution is 0.727. The lowest BCUT2D eigenvalue weighted by atomic mass is 10.1. The maximum Gasteiger partial charge on any atom is 0.0446 e. The fourth-order valence-electron chi connectivity index (χ4n) is 2.79. The highest BCUT2D eigenvalue weighted by atomic mass is 15.1. The van der Waals surface area contributed by atoms with Crippen LogP contribution in [0, 0.1) is 18.8 Å². The number of nitrogens with zero attached hydrogens (tertiary/aromatic N) is 2. The van der Waals surface area contributed by atoms with Gasteiger partial charge in [0.1, 0.15) is 0 Å². The largest absolute Gasteiger partial charge is 0.398 e. The standard InChI is InChI=1S/C16H21N3/c1-10-6-12(10)9-19(3)16-5-4-15(17)14-8-18-11(2)7-13(14)16/h4-5,7-8,10,12H,6,9,17H2,1-3H3. The number of benzene rings is 1. The summed E-state index contributed by atoms with van der Waals surface area (Å²) in [4.78, 5) is 6.71. The van der Waals surface area contributed by atoms with Crippen molar-refractivity contribution in [3.8, 4) is 0 Å². The van der Waals surface area contributed by atoms with Gasteiger partial charge in [0, 0.05) is 47.6 Å². The number of nitrogens with two attached hydrogens (primary N) is 1. The Labute approximate surface area is 114 Å². The Hall–Kier alpha value is -1.77. The second-order valence-corrected chi connectivity index (χ2v) is 5.90. The van der Waals surface area contributed by atoms with Gasteiger partial charge in [0.2, 0.25) is 0 Å². The van der Waals surface area contributed by atoms with E-state index < -0.39 is 0 Å². The molecule has 2 atom stereocenters. The summed E-state index contributed by atoms with van der Waals surface area (Å²) in [5.74, 6) is 1.73. The molecule has 2 aromatic rings. The van der Waals surface area contributed by atoms with Gasteiger partial charge in [0.05, 0.1) is 0 Å². The van der Waals surface area contributed by atoms with Gasteiger partial charge in [-0.25, -0.2) is 0 Å². The zero-order valence-electron chi connectivity index (χ0n) is 11.9. The lowest BCUT2D eigenvalue weighted by Gasteiger charge is -2.22. The summed E-state index contributed by atoms with van der Waals surface area (Å²) in [6, 6.07) is 6.25. The Bertz CT molecular complexity index is 621. The first kappa shape index (κ1) is 12.3. The average molecular weight is 255 g/mol. The maximum atomic E-state index is 6.05. The molecule has 0 spiro atoms. The highest BCUT2D eigenvalue weighted by Crippen LogP contribution is 2.40. The number of rotatable bonds is 3. The molecule has 2 N–H and O–H groups in total.